The first-order valence-electron chi connectivity index (χ1n) is 7.97. The number of nitriles is 1. The maximum atomic E-state index is 10.1. The Morgan fingerprint density at radius 2 is 2.11 bits per heavy atom. The normalized spacial score (nSPS) is 40.8. The molecule has 2 rings (SSSR count). The highest BCUT2D eigenvalue weighted by Crippen LogP contribution is 2.36. The number of nitrogens with zero attached hydrogens (tertiary/aromatic N) is 2. The largest absolute Gasteiger partial charge is 0.392 e. The number of β-amino-alcohol motifs (C(OH)–C–C–N with tert-alkyl or cyclic N) is 1. The zero-order valence-corrected chi connectivity index (χ0v) is 12.4. The van der Waals surface area contributed by atoms with Crippen molar-refractivity contribution in [2.45, 2.75) is 64.5 Å². The lowest BCUT2D eigenvalue weighted by Gasteiger charge is -2.44. The van der Waals surface area contributed by atoms with Gasteiger partial charge in [0.1, 0.15) is 0 Å². The van der Waals surface area contributed by atoms with Crippen LogP contribution in [0.25, 0.3) is 0 Å². The van der Waals surface area contributed by atoms with E-state index < -0.39 is 0 Å². The van der Waals surface area contributed by atoms with Crippen molar-refractivity contribution in [3.8, 4) is 6.07 Å². The number of hydrogen-bond acceptors (Lipinski definition) is 3. The molecule has 5 atom stereocenters. The van der Waals surface area contributed by atoms with E-state index in [9.17, 15) is 10.4 Å². The maximum Gasteiger partial charge on any atom is 0.0693 e. The van der Waals surface area contributed by atoms with E-state index in [-0.39, 0.29) is 12.0 Å². The summed E-state index contributed by atoms with van der Waals surface area (Å²) in [5.74, 6) is 1.37. The molecule has 1 aliphatic heterocycles. The Hall–Kier alpha value is -0.590. The van der Waals surface area contributed by atoms with Gasteiger partial charge in [-0.1, -0.05) is 26.7 Å². The molecule has 1 saturated carbocycles. The van der Waals surface area contributed by atoms with Crippen molar-refractivity contribution >= 4 is 0 Å². The van der Waals surface area contributed by atoms with Crippen molar-refractivity contribution in [3.05, 3.63) is 0 Å². The summed E-state index contributed by atoms with van der Waals surface area (Å²) in [6.07, 6.45) is 6.82. The quantitative estimate of drug-likeness (QED) is 0.852. The molecule has 1 aliphatic carbocycles. The molecule has 3 heteroatoms. The van der Waals surface area contributed by atoms with Gasteiger partial charge in [-0.15, -0.1) is 0 Å². The Balaban J connectivity index is 2.00. The first kappa shape index (κ1) is 14.8. The van der Waals surface area contributed by atoms with Gasteiger partial charge < -0.3 is 5.11 Å². The fraction of sp³-hybridized carbons (Fsp3) is 0.938. The van der Waals surface area contributed by atoms with E-state index in [1.54, 1.807) is 0 Å². The summed E-state index contributed by atoms with van der Waals surface area (Å²) in [5.41, 5.74) is 0. The predicted molar refractivity (Wildman–Crippen MR) is 76.5 cm³/mol. The molecule has 0 aromatic heterocycles. The summed E-state index contributed by atoms with van der Waals surface area (Å²) >= 11 is 0. The van der Waals surface area contributed by atoms with E-state index in [0.717, 1.165) is 38.3 Å². The molecule has 0 radical (unpaired) electrons. The van der Waals surface area contributed by atoms with Gasteiger partial charge in [-0.3, -0.25) is 4.90 Å². The maximum absolute atomic E-state index is 10.1. The molecule has 3 nitrogen and oxygen atoms in total. The highest BCUT2D eigenvalue weighted by Gasteiger charge is 2.37. The zero-order valence-electron chi connectivity index (χ0n) is 12.4. The second kappa shape index (κ2) is 6.72. The summed E-state index contributed by atoms with van der Waals surface area (Å²) in [4.78, 5) is 2.40. The first-order chi connectivity index (χ1) is 9.15. The minimum absolute atomic E-state index is 0.175. The van der Waals surface area contributed by atoms with Crippen molar-refractivity contribution in [1.82, 2.24) is 4.90 Å². The molecule has 1 heterocycles. The van der Waals surface area contributed by atoms with Crippen molar-refractivity contribution in [3.63, 3.8) is 0 Å². The van der Waals surface area contributed by atoms with E-state index in [1.165, 1.54) is 19.3 Å². The smallest absolute Gasteiger partial charge is 0.0693 e. The lowest BCUT2D eigenvalue weighted by Crippen LogP contribution is -2.51. The van der Waals surface area contributed by atoms with Crippen LogP contribution >= 0.6 is 0 Å². The van der Waals surface area contributed by atoms with Gasteiger partial charge in [-0.2, -0.15) is 5.26 Å². The Morgan fingerprint density at radius 1 is 1.32 bits per heavy atom. The Kier molecular flexibility index (Phi) is 5.24. The summed E-state index contributed by atoms with van der Waals surface area (Å²) in [7, 11) is 0. The molecule has 0 spiro atoms. The van der Waals surface area contributed by atoms with Crippen LogP contribution in [0.15, 0.2) is 0 Å². The highest BCUT2D eigenvalue weighted by atomic mass is 16.3. The molecule has 108 valence electrons. The molecule has 2 aliphatic rings. The first-order valence-corrected chi connectivity index (χ1v) is 7.97. The van der Waals surface area contributed by atoms with Crippen LogP contribution in [0, 0.1) is 29.1 Å². The second-order valence-corrected chi connectivity index (χ2v) is 6.60. The van der Waals surface area contributed by atoms with E-state index >= 15 is 0 Å². The number of hydrogen-bond donors (Lipinski definition) is 1. The topological polar surface area (TPSA) is 47.3 Å². The van der Waals surface area contributed by atoms with E-state index in [4.69, 9.17) is 0 Å². The molecule has 1 N–H and O–H groups in total. The van der Waals surface area contributed by atoms with Gasteiger partial charge in [0.25, 0.3) is 0 Å². The summed E-state index contributed by atoms with van der Waals surface area (Å²) in [6.45, 7) is 6.20. The summed E-state index contributed by atoms with van der Waals surface area (Å²) < 4.78 is 0. The number of likely N-dealkylation sites (tertiary alicyclic amines) is 1. The van der Waals surface area contributed by atoms with E-state index in [1.807, 2.05) is 0 Å². The average molecular weight is 264 g/mol. The number of rotatable bonds is 3. The third-order valence-electron chi connectivity index (χ3n) is 5.21. The lowest BCUT2D eigenvalue weighted by molar-refractivity contribution is -0.0120. The molecule has 0 amide bonds. The minimum atomic E-state index is -0.209. The molecule has 2 fully saturated rings. The van der Waals surface area contributed by atoms with Crippen LogP contribution in [0.4, 0.5) is 0 Å². The van der Waals surface area contributed by atoms with Gasteiger partial charge in [-0.25, -0.2) is 0 Å². The van der Waals surface area contributed by atoms with Crippen molar-refractivity contribution in [1.29, 1.82) is 5.26 Å². The van der Waals surface area contributed by atoms with Gasteiger partial charge in [0, 0.05) is 12.6 Å². The molecule has 5 unspecified atom stereocenters. The summed E-state index contributed by atoms with van der Waals surface area (Å²) in [6, 6.07) is 2.90. The molecule has 0 aromatic rings. The van der Waals surface area contributed by atoms with Crippen LogP contribution in [-0.2, 0) is 0 Å². The van der Waals surface area contributed by atoms with Crippen LogP contribution in [0.1, 0.15) is 52.4 Å². The molecule has 0 bridgehead atoms. The zero-order chi connectivity index (χ0) is 13.8. The highest BCUT2D eigenvalue weighted by molar-refractivity contribution is 4.99. The van der Waals surface area contributed by atoms with E-state index in [0.29, 0.717) is 12.0 Å². The SMILES string of the molecule is CCCC1CCC(C#N)C(N2CCC(C)C(O)C2)C1. The minimum Gasteiger partial charge on any atom is -0.392 e. The molecule has 0 aromatic carbocycles. The van der Waals surface area contributed by atoms with Gasteiger partial charge in [0.2, 0.25) is 0 Å². The van der Waals surface area contributed by atoms with Crippen LogP contribution in [0.3, 0.4) is 0 Å². The second-order valence-electron chi connectivity index (χ2n) is 6.60. The van der Waals surface area contributed by atoms with Crippen molar-refractivity contribution < 1.29 is 5.11 Å². The molecular weight excluding hydrogens is 236 g/mol. The molecule has 1 saturated heterocycles. The van der Waals surface area contributed by atoms with Gasteiger partial charge in [0.15, 0.2) is 0 Å². The standard InChI is InChI=1S/C16H28N2O/c1-3-4-13-5-6-14(10-17)15(9-13)18-8-7-12(2)16(19)11-18/h12-16,19H,3-9,11H2,1-2H3. The van der Waals surface area contributed by atoms with Crippen LogP contribution in [-0.4, -0.2) is 35.2 Å². The van der Waals surface area contributed by atoms with Crippen molar-refractivity contribution in [2.24, 2.45) is 17.8 Å². The van der Waals surface area contributed by atoms with Crippen LogP contribution in [0.5, 0.6) is 0 Å². The number of aliphatic hydroxyl groups excluding tert-OH is 1. The number of aliphatic hydroxyl groups is 1. The Morgan fingerprint density at radius 3 is 2.74 bits per heavy atom. The van der Waals surface area contributed by atoms with Gasteiger partial charge in [0.05, 0.1) is 18.1 Å². The number of piperidine rings is 1. The predicted octanol–water partition coefficient (Wildman–Crippen LogP) is 2.80. The monoisotopic (exact) mass is 264 g/mol. The third-order valence-corrected chi connectivity index (χ3v) is 5.21. The molecule has 19 heavy (non-hydrogen) atoms. The average Bonchev–Trinajstić information content (AvgIpc) is 2.42. The fourth-order valence-electron chi connectivity index (χ4n) is 3.83. The molecular formula is C16H28N2O. The van der Waals surface area contributed by atoms with Crippen LogP contribution < -0.4 is 0 Å². The van der Waals surface area contributed by atoms with Gasteiger partial charge >= 0.3 is 0 Å². The summed E-state index contributed by atoms with van der Waals surface area (Å²) in [5, 5.41) is 19.5. The van der Waals surface area contributed by atoms with Crippen molar-refractivity contribution in [2.75, 3.05) is 13.1 Å². The van der Waals surface area contributed by atoms with Crippen LogP contribution in [0.2, 0.25) is 0 Å². The Bertz CT molecular complexity index is 325. The van der Waals surface area contributed by atoms with E-state index in [2.05, 4.69) is 24.8 Å². The lowest BCUT2D eigenvalue weighted by atomic mass is 9.75. The Labute approximate surface area is 117 Å². The third kappa shape index (κ3) is 3.49. The van der Waals surface area contributed by atoms with Gasteiger partial charge in [-0.05, 0) is 44.1 Å². The fourth-order valence-corrected chi connectivity index (χ4v) is 3.83.